The van der Waals surface area contributed by atoms with E-state index >= 15 is 0 Å². The minimum atomic E-state index is -0.641. The van der Waals surface area contributed by atoms with Gasteiger partial charge in [0.05, 0.1) is 6.61 Å². The molecule has 0 radical (unpaired) electrons. The van der Waals surface area contributed by atoms with E-state index in [1.165, 1.54) is 0 Å². The van der Waals surface area contributed by atoms with Crippen LogP contribution in [0.25, 0.3) is 0 Å². The molecule has 0 saturated carbocycles. The van der Waals surface area contributed by atoms with Crippen molar-refractivity contribution in [3.05, 3.63) is 30.3 Å². The van der Waals surface area contributed by atoms with Crippen LogP contribution in [0, 0.1) is 0 Å². The Balaban J connectivity index is 2.46. The van der Waals surface area contributed by atoms with Crippen molar-refractivity contribution >= 4 is 38.2 Å². The van der Waals surface area contributed by atoms with Crippen molar-refractivity contribution in [3.8, 4) is 0 Å². The summed E-state index contributed by atoms with van der Waals surface area (Å²) in [7, 11) is 0. The number of nitrogens with zero attached hydrogens (tertiary/aromatic N) is 1. The van der Waals surface area contributed by atoms with E-state index in [1.54, 1.807) is 31.2 Å². The molecule has 1 rings (SSSR count). The van der Waals surface area contributed by atoms with Gasteiger partial charge < -0.3 is 10.1 Å². The fourth-order valence-electron chi connectivity index (χ4n) is 1.02. The molecular weight excluding hydrogens is 302 g/mol. The first-order valence-corrected chi connectivity index (χ1v) is 5.95. The number of para-hydroxylation sites is 1. The fourth-order valence-corrected chi connectivity index (χ4v) is 1.22. The Kier molecular flexibility index (Phi) is 5.86. The minimum Gasteiger partial charge on any atom is -0.461 e. The molecule has 7 heteroatoms. The first-order chi connectivity index (χ1) is 8.63. The number of hydrogen-bond donors (Lipinski definition) is 2. The summed E-state index contributed by atoms with van der Waals surface area (Å²) in [5.41, 5.74) is 2.78. The monoisotopic (exact) mass is 313 g/mol. The van der Waals surface area contributed by atoms with Gasteiger partial charge in [-0.3, -0.25) is 0 Å². The van der Waals surface area contributed by atoms with Crippen LogP contribution in [0.2, 0.25) is 0 Å². The molecule has 1 aromatic carbocycles. The number of ether oxygens (including phenoxy) is 1. The van der Waals surface area contributed by atoms with Crippen molar-refractivity contribution in [1.29, 1.82) is 0 Å². The Morgan fingerprint density at radius 2 is 2.00 bits per heavy atom. The molecule has 1 aromatic rings. The lowest BCUT2D eigenvalue weighted by molar-refractivity contribution is -0.134. The number of carbonyl (C=O) groups excluding carboxylic acids is 2. The lowest BCUT2D eigenvalue weighted by Gasteiger charge is -2.04. The van der Waals surface area contributed by atoms with Gasteiger partial charge in [-0.25, -0.2) is 15.0 Å². The molecule has 0 heterocycles. The van der Waals surface area contributed by atoms with E-state index in [0.717, 1.165) is 0 Å². The van der Waals surface area contributed by atoms with Crippen LogP contribution in [-0.4, -0.2) is 23.2 Å². The molecule has 6 nitrogen and oxygen atoms in total. The molecule has 0 bridgehead atoms. The second-order valence-corrected chi connectivity index (χ2v) is 3.81. The lowest BCUT2D eigenvalue weighted by atomic mass is 10.3. The number of nitrogens with one attached hydrogen (secondary N) is 2. The van der Waals surface area contributed by atoms with Crippen LogP contribution in [0.15, 0.2) is 35.4 Å². The quantitative estimate of drug-likeness (QED) is 0.507. The van der Waals surface area contributed by atoms with Crippen LogP contribution < -0.4 is 10.7 Å². The zero-order chi connectivity index (χ0) is 13.4. The minimum absolute atomic E-state index is 0.104. The number of anilines is 1. The Labute approximate surface area is 113 Å². The molecule has 0 fully saturated rings. The summed E-state index contributed by atoms with van der Waals surface area (Å²) < 4.78 is 4.56. The molecule has 0 aliphatic rings. The molecule has 0 atom stereocenters. The predicted octanol–water partition coefficient (Wildman–Crippen LogP) is 2.08. The number of esters is 1. The number of hydrazone groups is 1. The van der Waals surface area contributed by atoms with Gasteiger partial charge in [0.25, 0.3) is 0 Å². The molecule has 0 saturated heterocycles. The first-order valence-electron chi connectivity index (χ1n) is 5.16. The smallest absolute Gasteiger partial charge is 0.366 e. The second kappa shape index (κ2) is 7.44. The molecule has 0 aliphatic heterocycles. The molecule has 2 amide bonds. The van der Waals surface area contributed by atoms with Crippen molar-refractivity contribution in [3.63, 3.8) is 0 Å². The van der Waals surface area contributed by atoms with E-state index in [-0.39, 0.29) is 11.2 Å². The highest BCUT2D eigenvalue weighted by molar-refractivity contribution is 9.19. The van der Waals surface area contributed by atoms with Crippen LogP contribution in [0.1, 0.15) is 6.92 Å². The van der Waals surface area contributed by atoms with E-state index < -0.39 is 12.0 Å². The maximum atomic E-state index is 11.4. The topological polar surface area (TPSA) is 79.8 Å². The van der Waals surface area contributed by atoms with Crippen LogP contribution in [-0.2, 0) is 9.53 Å². The summed E-state index contributed by atoms with van der Waals surface area (Å²) in [5.74, 6) is -0.641. The zero-order valence-corrected chi connectivity index (χ0v) is 11.2. The zero-order valence-electron chi connectivity index (χ0n) is 9.64. The number of carbonyl (C=O) groups is 2. The number of urea groups is 1. The molecule has 96 valence electrons. The highest BCUT2D eigenvalue weighted by Crippen LogP contribution is 2.04. The van der Waals surface area contributed by atoms with Gasteiger partial charge in [0.1, 0.15) is 0 Å². The molecule has 0 spiro atoms. The third-order valence-corrected chi connectivity index (χ3v) is 2.23. The summed E-state index contributed by atoms with van der Waals surface area (Å²) in [6.45, 7) is 1.91. The molecule has 0 aromatic heterocycles. The van der Waals surface area contributed by atoms with Gasteiger partial charge in [0.15, 0.2) is 0 Å². The Bertz CT molecular complexity index is 448. The third-order valence-electron chi connectivity index (χ3n) is 1.73. The Morgan fingerprint density at radius 1 is 1.33 bits per heavy atom. The van der Waals surface area contributed by atoms with Gasteiger partial charge in [-0.1, -0.05) is 18.2 Å². The number of hydrogen-bond acceptors (Lipinski definition) is 4. The molecule has 2 N–H and O–H groups in total. The number of halogens is 1. The molecule has 0 aliphatic carbocycles. The van der Waals surface area contributed by atoms with E-state index in [9.17, 15) is 9.59 Å². The normalized spacial score (nSPS) is 10.7. The lowest BCUT2D eigenvalue weighted by Crippen LogP contribution is -2.26. The maximum absolute atomic E-state index is 11.4. The Hall–Kier alpha value is -1.89. The number of rotatable bonds is 4. The van der Waals surface area contributed by atoms with E-state index in [0.29, 0.717) is 5.69 Å². The van der Waals surface area contributed by atoms with Crippen molar-refractivity contribution in [1.82, 2.24) is 5.43 Å². The molecule has 0 unspecified atom stereocenters. The first kappa shape index (κ1) is 14.2. The largest absolute Gasteiger partial charge is 0.461 e. The van der Waals surface area contributed by atoms with Crippen molar-refractivity contribution in [2.45, 2.75) is 6.92 Å². The van der Waals surface area contributed by atoms with Gasteiger partial charge in [0, 0.05) is 5.69 Å². The summed E-state index contributed by atoms with van der Waals surface area (Å²) in [6.07, 6.45) is 0. The average Bonchev–Trinajstić information content (AvgIpc) is 2.37. The van der Waals surface area contributed by atoms with Crippen LogP contribution in [0.4, 0.5) is 10.5 Å². The number of benzene rings is 1. The van der Waals surface area contributed by atoms with Gasteiger partial charge in [-0.05, 0) is 35.0 Å². The number of amides is 2. The van der Waals surface area contributed by atoms with Gasteiger partial charge in [-0.2, -0.15) is 5.10 Å². The van der Waals surface area contributed by atoms with Crippen molar-refractivity contribution in [2.75, 3.05) is 11.9 Å². The van der Waals surface area contributed by atoms with Crippen LogP contribution in [0.3, 0.4) is 0 Å². The third kappa shape index (κ3) is 4.96. The average molecular weight is 314 g/mol. The van der Waals surface area contributed by atoms with Gasteiger partial charge in [-0.15, -0.1) is 0 Å². The molecule has 18 heavy (non-hydrogen) atoms. The highest BCUT2D eigenvalue weighted by Gasteiger charge is 2.09. The fraction of sp³-hybridized carbons (Fsp3) is 0.182. The highest BCUT2D eigenvalue weighted by atomic mass is 79.9. The summed E-state index contributed by atoms with van der Waals surface area (Å²) in [5, 5.41) is 6.07. The van der Waals surface area contributed by atoms with Gasteiger partial charge >= 0.3 is 12.0 Å². The second-order valence-electron chi connectivity index (χ2n) is 3.06. The molecular formula is C11H12BrN3O3. The van der Waals surface area contributed by atoms with E-state index in [2.05, 4.69) is 36.5 Å². The van der Waals surface area contributed by atoms with Crippen LogP contribution in [0.5, 0.6) is 0 Å². The summed E-state index contributed by atoms with van der Waals surface area (Å²) in [6, 6.07) is 8.30. The Morgan fingerprint density at radius 3 is 2.61 bits per heavy atom. The maximum Gasteiger partial charge on any atom is 0.366 e. The summed E-state index contributed by atoms with van der Waals surface area (Å²) >= 11 is 2.89. The van der Waals surface area contributed by atoms with Crippen molar-refractivity contribution in [2.24, 2.45) is 5.10 Å². The SMILES string of the molecule is CCOC(=O)/C(Br)=N/NC(=O)Nc1ccccc1. The van der Waals surface area contributed by atoms with Crippen molar-refractivity contribution < 1.29 is 14.3 Å². The van der Waals surface area contributed by atoms with Crippen LogP contribution >= 0.6 is 15.9 Å². The standard InChI is InChI=1S/C11H12BrN3O3/c1-2-18-10(16)9(12)14-15-11(17)13-8-6-4-3-5-7-8/h3-7H,2H2,1H3,(H2,13,15,17)/b14-9-. The predicted molar refractivity (Wildman–Crippen MR) is 71.6 cm³/mol. The van der Waals surface area contributed by atoms with Gasteiger partial charge in [0.2, 0.25) is 4.62 Å². The van der Waals surface area contributed by atoms with E-state index in [1.807, 2.05) is 6.07 Å². The van der Waals surface area contributed by atoms with E-state index in [4.69, 9.17) is 0 Å². The summed E-state index contributed by atoms with van der Waals surface area (Å²) in [4.78, 5) is 22.5.